The SMILES string of the molecule is CCC(O)CCNC(=O)C1(c2ccc(Br)cc2)CCC1. The van der Waals surface area contributed by atoms with Crippen LogP contribution in [0.2, 0.25) is 0 Å². The van der Waals surface area contributed by atoms with Gasteiger partial charge in [-0.15, -0.1) is 0 Å². The highest BCUT2D eigenvalue weighted by atomic mass is 79.9. The zero-order valence-corrected chi connectivity index (χ0v) is 13.4. The van der Waals surface area contributed by atoms with Gasteiger partial charge >= 0.3 is 0 Å². The van der Waals surface area contributed by atoms with E-state index < -0.39 is 0 Å². The molecule has 0 aromatic heterocycles. The van der Waals surface area contributed by atoms with Gasteiger partial charge in [0.1, 0.15) is 0 Å². The van der Waals surface area contributed by atoms with Crippen LogP contribution in [0.5, 0.6) is 0 Å². The summed E-state index contributed by atoms with van der Waals surface area (Å²) in [6.07, 6.45) is 3.96. The molecular weight excluding hydrogens is 318 g/mol. The number of aliphatic hydroxyl groups excluding tert-OH is 1. The number of rotatable bonds is 6. The molecule has 1 aromatic carbocycles. The maximum atomic E-state index is 12.5. The average molecular weight is 340 g/mol. The van der Waals surface area contributed by atoms with Crippen molar-refractivity contribution in [3.63, 3.8) is 0 Å². The maximum absolute atomic E-state index is 12.5. The highest BCUT2D eigenvalue weighted by molar-refractivity contribution is 9.10. The van der Waals surface area contributed by atoms with Crippen LogP contribution in [0.4, 0.5) is 0 Å². The van der Waals surface area contributed by atoms with E-state index in [-0.39, 0.29) is 17.4 Å². The molecule has 1 unspecified atom stereocenters. The van der Waals surface area contributed by atoms with E-state index in [0.29, 0.717) is 13.0 Å². The Morgan fingerprint density at radius 3 is 2.55 bits per heavy atom. The Kier molecular flexibility index (Phi) is 5.22. The van der Waals surface area contributed by atoms with Crippen molar-refractivity contribution < 1.29 is 9.90 Å². The molecule has 0 heterocycles. The topological polar surface area (TPSA) is 49.3 Å². The summed E-state index contributed by atoms with van der Waals surface area (Å²) < 4.78 is 1.03. The van der Waals surface area contributed by atoms with Gasteiger partial charge in [0.2, 0.25) is 5.91 Å². The van der Waals surface area contributed by atoms with Gasteiger partial charge in [0, 0.05) is 11.0 Å². The fourth-order valence-electron chi connectivity index (χ4n) is 2.67. The van der Waals surface area contributed by atoms with Crippen LogP contribution >= 0.6 is 15.9 Å². The van der Waals surface area contributed by atoms with Gasteiger partial charge in [-0.25, -0.2) is 0 Å². The van der Waals surface area contributed by atoms with Gasteiger partial charge in [-0.1, -0.05) is 41.4 Å². The number of benzene rings is 1. The first-order valence-corrected chi connectivity index (χ1v) is 8.10. The van der Waals surface area contributed by atoms with Gasteiger partial charge in [0.15, 0.2) is 0 Å². The van der Waals surface area contributed by atoms with E-state index in [0.717, 1.165) is 35.7 Å². The van der Waals surface area contributed by atoms with Crippen LogP contribution < -0.4 is 5.32 Å². The van der Waals surface area contributed by atoms with Crippen molar-refractivity contribution >= 4 is 21.8 Å². The van der Waals surface area contributed by atoms with Gasteiger partial charge < -0.3 is 10.4 Å². The van der Waals surface area contributed by atoms with E-state index >= 15 is 0 Å². The van der Waals surface area contributed by atoms with E-state index in [4.69, 9.17) is 0 Å². The molecule has 1 aliphatic rings. The number of carbonyl (C=O) groups is 1. The second kappa shape index (κ2) is 6.72. The average Bonchev–Trinajstić information content (AvgIpc) is 2.39. The van der Waals surface area contributed by atoms with E-state index in [2.05, 4.69) is 21.2 Å². The quantitative estimate of drug-likeness (QED) is 0.836. The molecule has 110 valence electrons. The summed E-state index contributed by atoms with van der Waals surface area (Å²) in [4.78, 5) is 12.5. The molecule has 4 heteroatoms. The zero-order valence-electron chi connectivity index (χ0n) is 11.9. The van der Waals surface area contributed by atoms with Gasteiger partial charge in [0.05, 0.1) is 11.5 Å². The highest BCUT2D eigenvalue weighted by Gasteiger charge is 2.45. The summed E-state index contributed by atoms with van der Waals surface area (Å²) in [5.74, 6) is 0.106. The summed E-state index contributed by atoms with van der Waals surface area (Å²) in [6.45, 7) is 2.49. The smallest absolute Gasteiger partial charge is 0.230 e. The Morgan fingerprint density at radius 1 is 1.40 bits per heavy atom. The third kappa shape index (κ3) is 3.23. The number of halogens is 1. The van der Waals surface area contributed by atoms with E-state index in [9.17, 15) is 9.90 Å². The van der Waals surface area contributed by atoms with Crippen molar-refractivity contribution in [2.24, 2.45) is 0 Å². The fraction of sp³-hybridized carbons (Fsp3) is 0.562. The molecule has 3 nitrogen and oxygen atoms in total. The summed E-state index contributed by atoms with van der Waals surface area (Å²) >= 11 is 3.43. The van der Waals surface area contributed by atoms with Crippen LogP contribution in [0.1, 0.15) is 44.6 Å². The predicted molar refractivity (Wildman–Crippen MR) is 83.6 cm³/mol. The molecule has 0 aliphatic heterocycles. The lowest BCUT2D eigenvalue weighted by atomic mass is 9.64. The summed E-state index contributed by atoms with van der Waals surface area (Å²) in [7, 11) is 0. The first kappa shape index (κ1) is 15.5. The second-order valence-corrected chi connectivity index (χ2v) is 6.46. The maximum Gasteiger partial charge on any atom is 0.230 e. The Labute approximate surface area is 128 Å². The number of aliphatic hydroxyl groups is 1. The number of amides is 1. The summed E-state index contributed by atoms with van der Waals surface area (Å²) in [5.41, 5.74) is 0.748. The molecule has 1 saturated carbocycles. The number of hydrogen-bond acceptors (Lipinski definition) is 2. The zero-order chi connectivity index (χ0) is 14.6. The minimum absolute atomic E-state index is 0.106. The van der Waals surface area contributed by atoms with Gasteiger partial charge in [-0.3, -0.25) is 4.79 Å². The Bertz CT molecular complexity index is 454. The van der Waals surface area contributed by atoms with Crippen molar-refractivity contribution in [2.45, 2.75) is 50.5 Å². The molecule has 1 aromatic rings. The van der Waals surface area contributed by atoms with Crippen LogP contribution in [-0.4, -0.2) is 23.7 Å². The van der Waals surface area contributed by atoms with Gasteiger partial charge in [-0.05, 0) is 43.4 Å². The summed E-state index contributed by atoms with van der Waals surface area (Å²) in [5, 5.41) is 12.5. The molecule has 0 bridgehead atoms. The molecule has 1 amide bonds. The molecule has 2 N–H and O–H groups in total. The molecule has 0 spiro atoms. The fourth-order valence-corrected chi connectivity index (χ4v) is 2.94. The monoisotopic (exact) mass is 339 g/mol. The van der Waals surface area contributed by atoms with Crippen LogP contribution in [-0.2, 0) is 10.2 Å². The van der Waals surface area contributed by atoms with Crippen LogP contribution in [0, 0.1) is 0 Å². The van der Waals surface area contributed by atoms with Crippen molar-refractivity contribution in [3.8, 4) is 0 Å². The standard InChI is InChI=1S/C16H22BrNO2/c1-2-14(19)8-11-18-15(20)16(9-3-10-16)12-4-6-13(17)7-5-12/h4-7,14,19H,2-3,8-11H2,1H3,(H,18,20). The van der Waals surface area contributed by atoms with Crippen molar-refractivity contribution in [3.05, 3.63) is 34.3 Å². The Morgan fingerprint density at radius 2 is 2.05 bits per heavy atom. The third-order valence-electron chi connectivity index (χ3n) is 4.27. The molecule has 20 heavy (non-hydrogen) atoms. The molecule has 1 fully saturated rings. The minimum atomic E-state index is -0.349. The van der Waals surface area contributed by atoms with Gasteiger partial charge in [-0.2, -0.15) is 0 Å². The lowest BCUT2D eigenvalue weighted by molar-refractivity contribution is -0.130. The van der Waals surface area contributed by atoms with E-state index in [1.165, 1.54) is 0 Å². The largest absolute Gasteiger partial charge is 0.393 e. The van der Waals surface area contributed by atoms with Crippen molar-refractivity contribution in [1.82, 2.24) is 5.32 Å². The Hall–Kier alpha value is -0.870. The molecule has 1 aliphatic carbocycles. The third-order valence-corrected chi connectivity index (χ3v) is 4.80. The van der Waals surface area contributed by atoms with Crippen LogP contribution in [0.15, 0.2) is 28.7 Å². The number of hydrogen-bond donors (Lipinski definition) is 2. The van der Waals surface area contributed by atoms with Crippen LogP contribution in [0.25, 0.3) is 0 Å². The van der Waals surface area contributed by atoms with Gasteiger partial charge in [0.25, 0.3) is 0 Å². The lowest BCUT2D eigenvalue weighted by Crippen LogP contribution is -2.49. The molecule has 1 atom stereocenters. The lowest BCUT2D eigenvalue weighted by Gasteiger charge is -2.40. The normalized spacial score (nSPS) is 18.1. The van der Waals surface area contributed by atoms with Crippen LogP contribution in [0.3, 0.4) is 0 Å². The molecule has 0 saturated heterocycles. The van der Waals surface area contributed by atoms with E-state index in [1.807, 2.05) is 31.2 Å². The molecular formula is C16H22BrNO2. The molecule has 0 radical (unpaired) electrons. The number of nitrogens with one attached hydrogen (secondary N) is 1. The first-order valence-electron chi connectivity index (χ1n) is 7.31. The highest BCUT2D eigenvalue weighted by Crippen LogP contribution is 2.44. The molecule has 2 rings (SSSR count). The van der Waals surface area contributed by atoms with Crippen molar-refractivity contribution in [1.29, 1.82) is 0 Å². The second-order valence-electron chi connectivity index (χ2n) is 5.55. The summed E-state index contributed by atoms with van der Waals surface area (Å²) in [6, 6.07) is 8.04. The van der Waals surface area contributed by atoms with Crippen molar-refractivity contribution in [2.75, 3.05) is 6.54 Å². The number of carbonyl (C=O) groups excluding carboxylic acids is 1. The minimum Gasteiger partial charge on any atom is -0.393 e. The Balaban J connectivity index is 2.00. The van der Waals surface area contributed by atoms with E-state index in [1.54, 1.807) is 0 Å². The first-order chi connectivity index (χ1) is 9.58. The predicted octanol–water partition coefficient (Wildman–Crippen LogP) is 3.15.